The maximum absolute atomic E-state index is 12.3. The zero-order chi connectivity index (χ0) is 13.2. The lowest BCUT2D eigenvalue weighted by Crippen LogP contribution is -2.09. The van der Waals surface area contributed by atoms with Gasteiger partial charge in [0, 0.05) is 18.7 Å². The normalized spacial score (nSPS) is 11.5. The average Bonchev–Trinajstić information content (AvgIpc) is 2.28. The molecule has 0 aliphatic carbocycles. The Hall–Kier alpha value is -2.11. The molecule has 6 heteroatoms. The van der Waals surface area contributed by atoms with E-state index in [1.807, 2.05) is 0 Å². The Labute approximate surface area is 100 Å². The lowest BCUT2D eigenvalue weighted by molar-refractivity contribution is -0.137. The Morgan fingerprint density at radius 3 is 2.33 bits per heavy atom. The molecular formula is C12H9F3N2O. The molecule has 0 radical (unpaired) electrons. The van der Waals surface area contributed by atoms with Crippen molar-refractivity contribution >= 4 is 0 Å². The smallest absolute Gasteiger partial charge is 0.310 e. The van der Waals surface area contributed by atoms with Crippen LogP contribution in [0.4, 0.5) is 13.2 Å². The Kier molecular flexibility index (Phi) is 3.18. The molecule has 0 saturated heterocycles. The summed E-state index contributed by atoms with van der Waals surface area (Å²) >= 11 is 0. The lowest BCUT2D eigenvalue weighted by Gasteiger charge is -2.07. The molecule has 3 nitrogen and oxygen atoms in total. The molecule has 1 heterocycles. The van der Waals surface area contributed by atoms with Gasteiger partial charge >= 0.3 is 6.18 Å². The molecule has 94 valence electrons. The monoisotopic (exact) mass is 254 g/mol. The van der Waals surface area contributed by atoms with E-state index >= 15 is 0 Å². The number of H-pyrrole nitrogens is 1. The summed E-state index contributed by atoms with van der Waals surface area (Å²) in [7, 11) is 0. The average molecular weight is 254 g/mol. The van der Waals surface area contributed by atoms with Gasteiger partial charge in [-0.2, -0.15) is 13.2 Å². The number of rotatable bonds is 2. The topological polar surface area (TPSA) is 45.8 Å². The maximum atomic E-state index is 12.3. The number of halogens is 3. The van der Waals surface area contributed by atoms with Gasteiger partial charge in [0.05, 0.1) is 5.56 Å². The second-order valence-electron chi connectivity index (χ2n) is 3.75. The fourth-order valence-electron chi connectivity index (χ4n) is 1.51. The molecule has 2 aromatic rings. The maximum Gasteiger partial charge on any atom is 0.416 e. The number of hydrogen-bond acceptors (Lipinski definition) is 2. The zero-order valence-corrected chi connectivity index (χ0v) is 9.16. The van der Waals surface area contributed by atoms with Crippen LogP contribution in [0.15, 0.2) is 41.3 Å². The molecule has 18 heavy (non-hydrogen) atoms. The van der Waals surface area contributed by atoms with Crippen LogP contribution in [0.5, 0.6) is 0 Å². The van der Waals surface area contributed by atoms with Crippen LogP contribution in [-0.2, 0) is 12.6 Å². The highest BCUT2D eigenvalue weighted by Crippen LogP contribution is 2.29. The Morgan fingerprint density at radius 1 is 1.11 bits per heavy atom. The standard InChI is InChI=1S/C12H9F3N2O/c13-12(14,15)9-3-1-8(2-4-9)7-10-16-6-5-11(18)17-10/h1-6H,7H2,(H,16,17,18). The van der Waals surface area contributed by atoms with Crippen LogP contribution in [0.25, 0.3) is 0 Å². The molecule has 1 aromatic carbocycles. The van der Waals surface area contributed by atoms with Crippen molar-refractivity contribution in [3.05, 3.63) is 63.8 Å². The number of aromatic nitrogens is 2. The van der Waals surface area contributed by atoms with E-state index in [0.717, 1.165) is 12.1 Å². The van der Waals surface area contributed by atoms with E-state index in [1.165, 1.54) is 24.4 Å². The minimum Gasteiger partial charge on any atom is -0.310 e. The summed E-state index contributed by atoms with van der Waals surface area (Å²) in [6, 6.07) is 6.04. The van der Waals surface area contributed by atoms with Gasteiger partial charge in [0.1, 0.15) is 5.82 Å². The van der Waals surface area contributed by atoms with Crippen molar-refractivity contribution < 1.29 is 13.2 Å². The van der Waals surface area contributed by atoms with Gasteiger partial charge in [0.25, 0.3) is 5.56 Å². The third-order valence-corrected chi connectivity index (χ3v) is 2.38. The van der Waals surface area contributed by atoms with Gasteiger partial charge in [0.2, 0.25) is 0 Å². The minimum absolute atomic E-state index is 0.285. The van der Waals surface area contributed by atoms with Crippen LogP contribution < -0.4 is 5.56 Å². The molecular weight excluding hydrogens is 245 g/mol. The summed E-state index contributed by atoms with van der Waals surface area (Å²) in [6.45, 7) is 0. The Bertz CT molecular complexity index is 587. The van der Waals surface area contributed by atoms with Crippen molar-refractivity contribution in [2.75, 3.05) is 0 Å². The zero-order valence-electron chi connectivity index (χ0n) is 9.16. The fourth-order valence-corrected chi connectivity index (χ4v) is 1.51. The van der Waals surface area contributed by atoms with Gasteiger partial charge in [-0.1, -0.05) is 12.1 Å². The number of aromatic amines is 1. The second kappa shape index (κ2) is 4.64. The van der Waals surface area contributed by atoms with E-state index in [0.29, 0.717) is 11.4 Å². The molecule has 1 aromatic heterocycles. The molecule has 0 aliphatic rings. The van der Waals surface area contributed by atoms with E-state index < -0.39 is 11.7 Å². The van der Waals surface area contributed by atoms with Crippen molar-refractivity contribution in [1.29, 1.82) is 0 Å². The summed E-state index contributed by atoms with van der Waals surface area (Å²) in [4.78, 5) is 17.5. The van der Waals surface area contributed by atoms with Crippen LogP contribution in [-0.4, -0.2) is 9.97 Å². The first-order chi connectivity index (χ1) is 8.45. The van der Waals surface area contributed by atoms with Crippen molar-refractivity contribution in [1.82, 2.24) is 9.97 Å². The molecule has 0 spiro atoms. The van der Waals surface area contributed by atoms with Gasteiger partial charge in [-0.15, -0.1) is 0 Å². The van der Waals surface area contributed by atoms with Crippen molar-refractivity contribution in [3.63, 3.8) is 0 Å². The first-order valence-electron chi connectivity index (χ1n) is 5.15. The van der Waals surface area contributed by atoms with Crippen LogP contribution in [0.3, 0.4) is 0 Å². The first kappa shape index (κ1) is 12.3. The Morgan fingerprint density at radius 2 is 1.78 bits per heavy atom. The molecule has 0 atom stereocenters. The van der Waals surface area contributed by atoms with Crippen molar-refractivity contribution in [2.24, 2.45) is 0 Å². The summed E-state index contributed by atoms with van der Waals surface area (Å²) in [5.74, 6) is 0.419. The Balaban J connectivity index is 2.19. The molecule has 0 unspecified atom stereocenters. The minimum atomic E-state index is -4.34. The first-order valence-corrected chi connectivity index (χ1v) is 5.15. The number of nitrogens with zero attached hydrogens (tertiary/aromatic N) is 1. The SMILES string of the molecule is O=c1ccnc(Cc2ccc(C(F)(F)F)cc2)[nH]1. The number of benzene rings is 1. The quantitative estimate of drug-likeness (QED) is 0.894. The third-order valence-electron chi connectivity index (χ3n) is 2.38. The predicted molar refractivity (Wildman–Crippen MR) is 59.1 cm³/mol. The molecule has 0 fully saturated rings. The van der Waals surface area contributed by atoms with Crippen molar-refractivity contribution in [3.8, 4) is 0 Å². The van der Waals surface area contributed by atoms with E-state index in [9.17, 15) is 18.0 Å². The van der Waals surface area contributed by atoms with Crippen LogP contribution in [0.1, 0.15) is 17.0 Å². The predicted octanol–water partition coefficient (Wildman–Crippen LogP) is 2.38. The van der Waals surface area contributed by atoms with Crippen LogP contribution >= 0.6 is 0 Å². The van der Waals surface area contributed by atoms with E-state index in [2.05, 4.69) is 9.97 Å². The van der Waals surface area contributed by atoms with E-state index in [4.69, 9.17) is 0 Å². The van der Waals surface area contributed by atoms with Gasteiger partial charge < -0.3 is 4.98 Å². The van der Waals surface area contributed by atoms with E-state index in [-0.39, 0.29) is 12.0 Å². The third kappa shape index (κ3) is 2.97. The van der Waals surface area contributed by atoms with Gasteiger partial charge in [-0.25, -0.2) is 4.98 Å². The summed E-state index contributed by atoms with van der Waals surface area (Å²) < 4.78 is 37.0. The largest absolute Gasteiger partial charge is 0.416 e. The van der Waals surface area contributed by atoms with Crippen LogP contribution in [0.2, 0.25) is 0 Å². The highest BCUT2D eigenvalue weighted by molar-refractivity contribution is 5.26. The lowest BCUT2D eigenvalue weighted by atomic mass is 10.1. The molecule has 2 rings (SSSR count). The van der Waals surface area contributed by atoms with Gasteiger partial charge in [-0.05, 0) is 17.7 Å². The number of nitrogens with one attached hydrogen (secondary N) is 1. The molecule has 0 aliphatic heterocycles. The second-order valence-corrected chi connectivity index (χ2v) is 3.75. The highest BCUT2D eigenvalue weighted by Gasteiger charge is 2.29. The molecule has 0 bridgehead atoms. The molecule has 0 saturated carbocycles. The number of alkyl halides is 3. The summed E-state index contributed by atoms with van der Waals surface area (Å²) in [5.41, 5.74) is -0.329. The van der Waals surface area contributed by atoms with Crippen LogP contribution in [0, 0.1) is 0 Å². The number of hydrogen-bond donors (Lipinski definition) is 1. The highest BCUT2D eigenvalue weighted by atomic mass is 19.4. The molecule has 1 N–H and O–H groups in total. The fraction of sp³-hybridized carbons (Fsp3) is 0.167. The van der Waals surface area contributed by atoms with Gasteiger partial charge in [-0.3, -0.25) is 4.79 Å². The van der Waals surface area contributed by atoms with Crippen molar-refractivity contribution in [2.45, 2.75) is 12.6 Å². The summed E-state index contributed by atoms with van der Waals surface area (Å²) in [6.07, 6.45) is -2.69. The van der Waals surface area contributed by atoms with Gasteiger partial charge in [0.15, 0.2) is 0 Å². The van der Waals surface area contributed by atoms with E-state index in [1.54, 1.807) is 0 Å². The summed E-state index contributed by atoms with van der Waals surface area (Å²) in [5, 5.41) is 0. The molecule has 0 amide bonds.